The molecule has 10 heteroatoms. The van der Waals surface area contributed by atoms with Crippen molar-refractivity contribution in [3.63, 3.8) is 0 Å². The first-order valence-electron chi connectivity index (χ1n) is 9.68. The van der Waals surface area contributed by atoms with E-state index in [-0.39, 0.29) is 35.4 Å². The number of amides is 1. The fourth-order valence-electron chi connectivity index (χ4n) is 3.15. The van der Waals surface area contributed by atoms with E-state index in [9.17, 15) is 18.0 Å². The van der Waals surface area contributed by atoms with Gasteiger partial charge in [0.25, 0.3) is 5.91 Å². The normalized spacial score (nSPS) is 11.3. The Morgan fingerprint density at radius 3 is 2.72 bits per heavy atom. The van der Waals surface area contributed by atoms with E-state index >= 15 is 0 Å². The minimum Gasteiger partial charge on any atom is -0.496 e. The van der Waals surface area contributed by atoms with Crippen LogP contribution in [0.1, 0.15) is 22.3 Å². The lowest BCUT2D eigenvalue weighted by Crippen LogP contribution is -2.29. The van der Waals surface area contributed by atoms with Crippen molar-refractivity contribution < 1.29 is 17.9 Å². The Morgan fingerprint density at radius 2 is 2.00 bits per heavy atom. The molecule has 0 bridgehead atoms. The van der Waals surface area contributed by atoms with Crippen molar-refractivity contribution in [2.24, 2.45) is 0 Å². The van der Waals surface area contributed by atoms with Crippen LogP contribution in [-0.4, -0.2) is 44.3 Å². The number of nitriles is 1. The number of methoxy groups -OCH3 is 1. The number of carbonyl (C=O) groups excluding carboxylic acids is 1. The number of aromatic amines is 1. The van der Waals surface area contributed by atoms with Gasteiger partial charge in [0.05, 0.1) is 18.1 Å². The van der Waals surface area contributed by atoms with Crippen LogP contribution in [0.3, 0.4) is 0 Å². The molecule has 166 valence electrons. The van der Waals surface area contributed by atoms with Gasteiger partial charge in [0, 0.05) is 49.2 Å². The minimum absolute atomic E-state index is 0.0264. The summed E-state index contributed by atoms with van der Waals surface area (Å²) < 4.78 is 31.8. The number of pyridine rings is 1. The van der Waals surface area contributed by atoms with Gasteiger partial charge in [-0.15, -0.1) is 0 Å². The molecule has 1 aromatic heterocycles. The van der Waals surface area contributed by atoms with E-state index in [0.717, 1.165) is 9.87 Å². The highest BCUT2D eigenvalue weighted by Crippen LogP contribution is 2.20. The monoisotopic (exact) mass is 454 g/mol. The number of benzene rings is 2. The molecule has 0 atom stereocenters. The summed E-state index contributed by atoms with van der Waals surface area (Å²) in [5.74, 6) is 0.00837. The number of nitrogens with one attached hydrogen (secondary N) is 2. The molecular formula is C22H22N4O5S. The summed E-state index contributed by atoms with van der Waals surface area (Å²) in [5.41, 5.74) is 0.414. The Morgan fingerprint density at radius 1 is 1.25 bits per heavy atom. The van der Waals surface area contributed by atoms with E-state index in [1.165, 1.54) is 38.6 Å². The van der Waals surface area contributed by atoms with Crippen molar-refractivity contribution in [3.05, 3.63) is 70.0 Å². The van der Waals surface area contributed by atoms with Crippen molar-refractivity contribution in [3.8, 4) is 11.8 Å². The second-order valence-corrected chi connectivity index (χ2v) is 9.01. The molecule has 0 aliphatic heterocycles. The first-order chi connectivity index (χ1) is 15.3. The zero-order valence-corrected chi connectivity index (χ0v) is 18.4. The highest BCUT2D eigenvalue weighted by molar-refractivity contribution is 7.89. The quantitative estimate of drug-likeness (QED) is 0.535. The van der Waals surface area contributed by atoms with Crippen LogP contribution in [0.5, 0.6) is 5.75 Å². The number of aromatic nitrogens is 1. The molecule has 0 saturated carbocycles. The number of fused-ring (bicyclic) bond motifs is 1. The van der Waals surface area contributed by atoms with Gasteiger partial charge in [-0.3, -0.25) is 9.59 Å². The molecule has 0 radical (unpaired) electrons. The van der Waals surface area contributed by atoms with E-state index in [4.69, 9.17) is 10.00 Å². The molecule has 0 aliphatic rings. The molecular weight excluding hydrogens is 432 g/mol. The Bertz CT molecular complexity index is 1360. The van der Waals surface area contributed by atoms with E-state index in [0.29, 0.717) is 11.3 Å². The van der Waals surface area contributed by atoms with E-state index < -0.39 is 21.4 Å². The fraction of sp³-hybridized carbons (Fsp3) is 0.227. The SMILES string of the molecule is COc1ccccc1CNC(=O)c1c[nH]c2ccc(S(=O)(=O)N(C)CCC#N)cc2c1=O. The van der Waals surface area contributed by atoms with Gasteiger partial charge in [-0.25, -0.2) is 8.42 Å². The van der Waals surface area contributed by atoms with Crippen LogP contribution in [0, 0.1) is 11.3 Å². The minimum atomic E-state index is -3.89. The molecule has 0 fully saturated rings. The molecule has 3 rings (SSSR count). The number of rotatable bonds is 8. The van der Waals surface area contributed by atoms with Crippen LogP contribution in [0.25, 0.3) is 10.9 Å². The van der Waals surface area contributed by atoms with Crippen LogP contribution in [0.4, 0.5) is 0 Å². The van der Waals surface area contributed by atoms with Crippen molar-refractivity contribution in [1.29, 1.82) is 5.26 Å². The van der Waals surface area contributed by atoms with Crippen molar-refractivity contribution in [2.45, 2.75) is 17.9 Å². The molecule has 0 unspecified atom stereocenters. The van der Waals surface area contributed by atoms with Crippen LogP contribution in [0.15, 0.2) is 58.4 Å². The van der Waals surface area contributed by atoms with Gasteiger partial charge in [0.15, 0.2) is 0 Å². The number of H-pyrrole nitrogens is 1. The Hall–Kier alpha value is -3.68. The predicted molar refractivity (Wildman–Crippen MR) is 119 cm³/mol. The molecule has 2 N–H and O–H groups in total. The highest BCUT2D eigenvalue weighted by Gasteiger charge is 2.22. The smallest absolute Gasteiger partial charge is 0.257 e. The van der Waals surface area contributed by atoms with E-state index in [1.807, 2.05) is 18.2 Å². The maximum atomic E-state index is 13.0. The zero-order valence-electron chi connectivity index (χ0n) is 17.6. The summed E-state index contributed by atoms with van der Waals surface area (Å²) in [6, 6.07) is 13.2. The highest BCUT2D eigenvalue weighted by atomic mass is 32.2. The average molecular weight is 455 g/mol. The number of nitrogens with zero attached hydrogens (tertiary/aromatic N) is 2. The predicted octanol–water partition coefficient (Wildman–Crippen LogP) is 2.00. The topological polar surface area (TPSA) is 132 Å². The van der Waals surface area contributed by atoms with Gasteiger partial charge in [-0.05, 0) is 24.3 Å². The zero-order chi connectivity index (χ0) is 23.3. The van der Waals surface area contributed by atoms with Crippen molar-refractivity contribution in [1.82, 2.24) is 14.6 Å². The first-order valence-corrected chi connectivity index (χ1v) is 11.1. The lowest BCUT2D eigenvalue weighted by molar-refractivity contribution is 0.0949. The number of carbonyl (C=O) groups is 1. The molecule has 0 spiro atoms. The van der Waals surface area contributed by atoms with Gasteiger partial charge in [-0.2, -0.15) is 9.57 Å². The summed E-state index contributed by atoms with van der Waals surface area (Å²) in [7, 11) is -1.00. The maximum absolute atomic E-state index is 13.0. The van der Waals surface area contributed by atoms with E-state index in [1.54, 1.807) is 12.1 Å². The standard InChI is InChI=1S/C22H22N4O5S/c1-26(11-5-10-23)32(29,30)16-8-9-19-17(12-16)21(27)18(14-24-19)22(28)25-13-15-6-3-4-7-20(15)31-2/h3-4,6-9,12,14H,5,11,13H2,1-2H3,(H,24,27)(H,25,28). The second kappa shape index (κ2) is 9.64. The van der Waals surface area contributed by atoms with Crippen LogP contribution in [0.2, 0.25) is 0 Å². The third-order valence-corrected chi connectivity index (χ3v) is 6.83. The number of hydrogen-bond donors (Lipinski definition) is 2. The van der Waals surface area contributed by atoms with Crippen molar-refractivity contribution >= 4 is 26.8 Å². The van der Waals surface area contributed by atoms with Gasteiger partial charge in [0.2, 0.25) is 15.5 Å². The lowest BCUT2D eigenvalue weighted by Gasteiger charge is -2.16. The molecule has 2 aromatic carbocycles. The molecule has 3 aromatic rings. The van der Waals surface area contributed by atoms with Crippen LogP contribution >= 0.6 is 0 Å². The number of para-hydroxylation sites is 1. The largest absolute Gasteiger partial charge is 0.496 e. The number of hydrogen-bond acceptors (Lipinski definition) is 6. The van der Waals surface area contributed by atoms with Crippen LogP contribution in [-0.2, 0) is 16.6 Å². The summed E-state index contributed by atoms with van der Waals surface area (Å²) in [6.07, 6.45) is 1.34. The third-order valence-electron chi connectivity index (χ3n) is 4.98. The molecule has 0 aliphatic carbocycles. The fourth-order valence-corrected chi connectivity index (χ4v) is 4.35. The second-order valence-electron chi connectivity index (χ2n) is 6.97. The maximum Gasteiger partial charge on any atom is 0.257 e. The summed E-state index contributed by atoms with van der Waals surface area (Å²) in [4.78, 5) is 28.4. The molecule has 32 heavy (non-hydrogen) atoms. The van der Waals surface area contributed by atoms with Crippen molar-refractivity contribution in [2.75, 3.05) is 20.7 Å². The van der Waals surface area contributed by atoms with Gasteiger partial charge >= 0.3 is 0 Å². The third kappa shape index (κ3) is 4.64. The number of sulfonamides is 1. The Balaban J connectivity index is 1.91. The Kier molecular flexibility index (Phi) is 6.92. The van der Waals surface area contributed by atoms with Gasteiger partial charge < -0.3 is 15.0 Å². The molecule has 0 saturated heterocycles. The summed E-state index contributed by atoms with van der Waals surface area (Å²) >= 11 is 0. The molecule has 9 nitrogen and oxygen atoms in total. The molecule has 1 amide bonds. The summed E-state index contributed by atoms with van der Waals surface area (Å²) in [5, 5.41) is 11.5. The number of ether oxygens (including phenoxy) is 1. The summed E-state index contributed by atoms with van der Waals surface area (Å²) in [6.45, 7) is 0.178. The average Bonchev–Trinajstić information content (AvgIpc) is 2.81. The Labute approximate surface area is 185 Å². The first kappa shape index (κ1) is 23.0. The lowest BCUT2D eigenvalue weighted by atomic mass is 10.1. The van der Waals surface area contributed by atoms with Crippen LogP contribution < -0.4 is 15.5 Å². The van der Waals surface area contributed by atoms with E-state index in [2.05, 4.69) is 10.3 Å². The van der Waals surface area contributed by atoms with Gasteiger partial charge in [-0.1, -0.05) is 18.2 Å². The molecule has 1 heterocycles. The van der Waals surface area contributed by atoms with Gasteiger partial charge in [0.1, 0.15) is 11.3 Å².